The summed E-state index contributed by atoms with van der Waals surface area (Å²) in [4.78, 5) is 11.0. The topological polar surface area (TPSA) is 118 Å². The van der Waals surface area contributed by atoms with E-state index < -0.39 is 43.0 Å². The molecule has 1 aliphatic heterocycles. The largest absolute Gasteiger partial charge is 0.481 e. The lowest BCUT2D eigenvalue weighted by molar-refractivity contribution is -0.141. The summed E-state index contributed by atoms with van der Waals surface area (Å²) in [6.45, 7) is 0. The number of nitrogens with one attached hydrogen (secondary N) is 1. The van der Waals surface area contributed by atoms with Crippen LogP contribution in [0.1, 0.15) is 32.1 Å². The van der Waals surface area contributed by atoms with Crippen molar-refractivity contribution in [3.05, 3.63) is 0 Å². The van der Waals surface area contributed by atoms with Crippen LogP contribution in [-0.4, -0.2) is 50.7 Å². The molecule has 9 heteroatoms. The van der Waals surface area contributed by atoms with Crippen LogP contribution in [-0.2, 0) is 24.7 Å². The molecule has 20 heavy (non-hydrogen) atoms. The molecule has 0 bridgehead atoms. The number of aliphatic carboxylic acids is 1. The molecule has 2 aliphatic rings. The van der Waals surface area contributed by atoms with E-state index in [0.717, 1.165) is 0 Å². The first-order chi connectivity index (χ1) is 9.21. The van der Waals surface area contributed by atoms with Crippen LogP contribution in [0.3, 0.4) is 0 Å². The zero-order valence-corrected chi connectivity index (χ0v) is 12.6. The van der Waals surface area contributed by atoms with Crippen LogP contribution in [0.4, 0.5) is 0 Å². The van der Waals surface area contributed by atoms with E-state index in [4.69, 9.17) is 5.11 Å². The zero-order chi connectivity index (χ0) is 15.0. The smallest absolute Gasteiger partial charge is 0.308 e. The monoisotopic (exact) mass is 325 g/mol. The van der Waals surface area contributed by atoms with Gasteiger partial charge in [0, 0.05) is 6.04 Å². The van der Waals surface area contributed by atoms with Crippen molar-refractivity contribution in [2.75, 3.05) is 11.5 Å². The molecule has 1 saturated carbocycles. The molecule has 2 N–H and O–H groups in total. The molecule has 2 unspecified atom stereocenters. The summed E-state index contributed by atoms with van der Waals surface area (Å²) in [7, 11) is -6.77. The van der Waals surface area contributed by atoms with E-state index in [2.05, 4.69) is 4.72 Å². The Morgan fingerprint density at radius 1 is 1.10 bits per heavy atom. The third kappa shape index (κ3) is 3.50. The number of sulfone groups is 1. The van der Waals surface area contributed by atoms with E-state index in [9.17, 15) is 21.6 Å². The van der Waals surface area contributed by atoms with Crippen molar-refractivity contribution < 1.29 is 26.7 Å². The van der Waals surface area contributed by atoms with Crippen LogP contribution < -0.4 is 4.72 Å². The summed E-state index contributed by atoms with van der Waals surface area (Å²) in [5.74, 6) is -1.91. The first-order valence-corrected chi connectivity index (χ1v) is 10.0. The number of hydrogen-bond acceptors (Lipinski definition) is 5. The van der Waals surface area contributed by atoms with E-state index >= 15 is 0 Å². The molecule has 2 atom stereocenters. The number of rotatable bonds is 4. The van der Waals surface area contributed by atoms with Gasteiger partial charge < -0.3 is 5.11 Å². The average molecular weight is 325 g/mol. The fourth-order valence-electron chi connectivity index (χ4n) is 2.88. The molecule has 0 radical (unpaired) electrons. The van der Waals surface area contributed by atoms with Crippen LogP contribution in [0.25, 0.3) is 0 Å². The van der Waals surface area contributed by atoms with Crippen LogP contribution in [0.2, 0.25) is 0 Å². The normalized spacial score (nSPS) is 31.2. The first-order valence-electron chi connectivity index (χ1n) is 6.66. The number of carboxylic acid groups (broad SMARTS) is 1. The lowest BCUT2D eigenvalue weighted by Gasteiger charge is -2.25. The molecule has 2 rings (SSSR count). The Morgan fingerprint density at radius 3 is 2.25 bits per heavy atom. The van der Waals surface area contributed by atoms with Gasteiger partial charge in [0.25, 0.3) is 0 Å². The van der Waals surface area contributed by atoms with Crippen molar-refractivity contribution in [2.24, 2.45) is 5.92 Å². The van der Waals surface area contributed by atoms with Gasteiger partial charge in [-0.25, -0.2) is 21.6 Å². The van der Waals surface area contributed by atoms with Crippen LogP contribution in [0, 0.1) is 5.92 Å². The van der Waals surface area contributed by atoms with E-state index in [0.29, 0.717) is 19.3 Å². The highest BCUT2D eigenvalue weighted by atomic mass is 32.2. The van der Waals surface area contributed by atoms with Gasteiger partial charge in [0.2, 0.25) is 10.0 Å². The third-order valence-corrected chi connectivity index (χ3v) is 7.79. The molecule has 0 aromatic carbocycles. The summed E-state index contributed by atoms with van der Waals surface area (Å²) in [5, 5.41) is 8.31. The Morgan fingerprint density at radius 2 is 1.70 bits per heavy atom. The predicted octanol–water partition coefficient (Wildman–Crippen LogP) is -0.264. The molecule has 2 fully saturated rings. The molecule has 0 aromatic heterocycles. The summed E-state index contributed by atoms with van der Waals surface area (Å²) < 4.78 is 49.6. The molecule has 1 aliphatic carbocycles. The molecule has 116 valence electrons. The molecule has 0 spiro atoms. The molecular weight excluding hydrogens is 306 g/mol. The van der Waals surface area contributed by atoms with E-state index in [-0.39, 0.29) is 24.3 Å². The molecule has 7 nitrogen and oxygen atoms in total. The number of sulfonamides is 1. The Hall–Kier alpha value is -0.670. The number of carbonyl (C=O) groups is 1. The Balaban J connectivity index is 2.03. The average Bonchev–Trinajstić information content (AvgIpc) is 2.75. The Kier molecular flexibility index (Phi) is 4.41. The second-order valence-corrected chi connectivity index (χ2v) is 9.79. The first kappa shape index (κ1) is 15.7. The highest BCUT2D eigenvalue weighted by Gasteiger charge is 2.39. The van der Waals surface area contributed by atoms with Crippen molar-refractivity contribution in [3.8, 4) is 0 Å². The molecular formula is C11H19NO6S2. The maximum atomic E-state index is 12.2. The van der Waals surface area contributed by atoms with Gasteiger partial charge in [-0.1, -0.05) is 6.42 Å². The highest BCUT2D eigenvalue weighted by Crippen LogP contribution is 2.28. The van der Waals surface area contributed by atoms with Crippen LogP contribution >= 0.6 is 0 Å². The Bertz CT molecular complexity index is 568. The minimum atomic E-state index is -3.66. The minimum absolute atomic E-state index is 0.0854. The summed E-state index contributed by atoms with van der Waals surface area (Å²) in [5.41, 5.74) is 0. The molecule has 0 amide bonds. The lowest BCUT2D eigenvalue weighted by Crippen LogP contribution is -2.46. The van der Waals surface area contributed by atoms with Gasteiger partial charge in [-0.3, -0.25) is 4.79 Å². The van der Waals surface area contributed by atoms with Crippen LogP contribution in [0.5, 0.6) is 0 Å². The second kappa shape index (κ2) is 5.61. The lowest BCUT2D eigenvalue weighted by atomic mass is 10.1. The van der Waals surface area contributed by atoms with Crippen LogP contribution in [0.15, 0.2) is 0 Å². The van der Waals surface area contributed by atoms with Gasteiger partial charge in [0.1, 0.15) is 9.84 Å². The van der Waals surface area contributed by atoms with Gasteiger partial charge in [-0.2, -0.15) is 0 Å². The maximum absolute atomic E-state index is 12.2. The number of hydrogen-bond donors (Lipinski definition) is 2. The summed E-state index contributed by atoms with van der Waals surface area (Å²) in [6.07, 6.45) is 1.84. The Labute approximate surface area is 118 Å². The third-order valence-electron chi connectivity index (χ3n) is 4.09. The van der Waals surface area contributed by atoms with Crippen molar-refractivity contribution in [1.29, 1.82) is 0 Å². The van der Waals surface area contributed by atoms with Crippen molar-refractivity contribution in [3.63, 3.8) is 0 Å². The van der Waals surface area contributed by atoms with Gasteiger partial charge in [0.15, 0.2) is 0 Å². The SMILES string of the molecule is O=C(O)C1CCCC1NS(=O)(=O)C1CCS(=O)(=O)CC1. The summed E-state index contributed by atoms with van der Waals surface area (Å²) >= 11 is 0. The standard InChI is InChI=1S/C11H19NO6S2/c13-11(14)9-2-1-3-10(9)12-20(17,18)8-4-6-19(15,16)7-5-8/h8-10,12H,1-7H2,(H,13,14). The predicted molar refractivity (Wildman–Crippen MR) is 72.5 cm³/mol. The number of carboxylic acids is 1. The molecule has 1 saturated heterocycles. The maximum Gasteiger partial charge on any atom is 0.308 e. The minimum Gasteiger partial charge on any atom is -0.481 e. The van der Waals surface area contributed by atoms with Crippen molar-refractivity contribution in [1.82, 2.24) is 4.72 Å². The van der Waals surface area contributed by atoms with Crippen molar-refractivity contribution >= 4 is 25.8 Å². The van der Waals surface area contributed by atoms with Gasteiger partial charge in [-0.05, 0) is 25.7 Å². The van der Waals surface area contributed by atoms with Gasteiger partial charge in [0.05, 0.1) is 22.7 Å². The highest BCUT2D eigenvalue weighted by molar-refractivity contribution is 7.92. The van der Waals surface area contributed by atoms with E-state index in [1.807, 2.05) is 0 Å². The molecule has 1 heterocycles. The fraction of sp³-hybridized carbons (Fsp3) is 0.909. The fourth-order valence-corrected chi connectivity index (χ4v) is 6.43. The second-order valence-electron chi connectivity index (χ2n) is 5.50. The zero-order valence-electron chi connectivity index (χ0n) is 11.0. The summed E-state index contributed by atoms with van der Waals surface area (Å²) in [6, 6.07) is -0.573. The van der Waals surface area contributed by atoms with Gasteiger partial charge >= 0.3 is 5.97 Å². The quantitative estimate of drug-likeness (QED) is 0.735. The van der Waals surface area contributed by atoms with E-state index in [1.165, 1.54) is 0 Å². The molecule has 0 aromatic rings. The van der Waals surface area contributed by atoms with E-state index in [1.54, 1.807) is 0 Å². The van der Waals surface area contributed by atoms with Gasteiger partial charge in [-0.15, -0.1) is 0 Å². The van der Waals surface area contributed by atoms with Crippen molar-refractivity contribution in [2.45, 2.75) is 43.4 Å².